The van der Waals surface area contributed by atoms with Gasteiger partial charge in [-0.15, -0.1) is 16.9 Å². The number of benzene rings is 1. The predicted molar refractivity (Wildman–Crippen MR) is 66.4 cm³/mol. The maximum absolute atomic E-state index is 11.1. The van der Waals surface area contributed by atoms with Crippen molar-refractivity contribution >= 4 is 17.7 Å². The van der Waals surface area contributed by atoms with E-state index in [9.17, 15) is 4.79 Å². The smallest absolute Gasteiger partial charge is 0.271 e. The number of thioether (sulfide) groups is 1. The van der Waals surface area contributed by atoms with Crippen LogP contribution in [0.3, 0.4) is 0 Å². The molecule has 17 heavy (non-hydrogen) atoms. The summed E-state index contributed by atoms with van der Waals surface area (Å²) >= 11 is 1.64. The van der Waals surface area contributed by atoms with Crippen molar-refractivity contribution in [1.29, 1.82) is 0 Å². The molecular formula is C11H12N4OS. The average molecular weight is 248 g/mol. The van der Waals surface area contributed by atoms with Crippen LogP contribution in [0.1, 0.15) is 16.2 Å². The van der Waals surface area contributed by atoms with E-state index < -0.39 is 5.91 Å². The number of rotatable bonds is 3. The number of nitrogens with zero attached hydrogens (tertiary/aromatic N) is 3. The number of aromatic nitrogens is 3. The molecule has 88 valence electrons. The van der Waals surface area contributed by atoms with E-state index in [1.807, 2.05) is 30.5 Å². The van der Waals surface area contributed by atoms with Crippen LogP contribution in [0, 0.1) is 6.92 Å². The highest BCUT2D eigenvalue weighted by Crippen LogP contribution is 2.19. The topological polar surface area (TPSA) is 73.8 Å². The number of hydrogen-bond acceptors (Lipinski definition) is 4. The zero-order valence-electron chi connectivity index (χ0n) is 9.54. The molecule has 1 amide bonds. The van der Waals surface area contributed by atoms with Gasteiger partial charge in [-0.3, -0.25) is 4.79 Å². The number of nitrogens with two attached hydrogens (primary N) is 1. The van der Waals surface area contributed by atoms with Crippen LogP contribution < -0.4 is 5.73 Å². The van der Waals surface area contributed by atoms with Crippen LogP contribution >= 0.6 is 11.8 Å². The van der Waals surface area contributed by atoms with Crippen LogP contribution in [0.25, 0.3) is 5.69 Å². The van der Waals surface area contributed by atoms with Crippen LogP contribution in [-0.4, -0.2) is 27.2 Å². The van der Waals surface area contributed by atoms with Gasteiger partial charge < -0.3 is 5.73 Å². The van der Waals surface area contributed by atoms with Gasteiger partial charge in [-0.1, -0.05) is 11.3 Å². The van der Waals surface area contributed by atoms with E-state index in [0.29, 0.717) is 5.69 Å². The van der Waals surface area contributed by atoms with Crippen molar-refractivity contribution < 1.29 is 4.79 Å². The number of carbonyl (C=O) groups excluding carboxylic acids is 1. The van der Waals surface area contributed by atoms with Crippen LogP contribution in [-0.2, 0) is 0 Å². The van der Waals surface area contributed by atoms with Gasteiger partial charge in [0.1, 0.15) is 0 Å². The fraction of sp³-hybridized carbons (Fsp3) is 0.182. The lowest BCUT2D eigenvalue weighted by Crippen LogP contribution is -2.13. The molecule has 0 fully saturated rings. The van der Waals surface area contributed by atoms with Gasteiger partial charge in [0.05, 0.1) is 11.4 Å². The highest BCUT2D eigenvalue weighted by molar-refractivity contribution is 7.98. The molecule has 2 N–H and O–H groups in total. The fourth-order valence-electron chi connectivity index (χ4n) is 1.54. The maximum Gasteiger partial charge on any atom is 0.271 e. The third-order valence-electron chi connectivity index (χ3n) is 2.43. The van der Waals surface area contributed by atoms with Gasteiger partial charge in [-0.2, -0.15) is 0 Å². The minimum absolute atomic E-state index is 0.208. The van der Waals surface area contributed by atoms with Gasteiger partial charge >= 0.3 is 0 Å². The third kappa shape index (κ3) is 2.16. The van der Waals surface area contributed by atoms with Gasteiger partial charge in [0.15, 0.2) is 5.69 Å². The summed E-state index contributed by atoms with van der Waals surface area (Å²) in [6.45, 7) is 1.77. The van der Waals surface area contributed by atoms with Crippen molar-refractivity contribution in [2.24, 2.45) is 5.73 Å². The third-order valence-corrected chi connectivity index (χ3v) is 3.15. The van der Waals surface area contributed by atoms with Gasteiger partial charge in [0, 0.05) is 4.90 Å². The molecule has 6 heteroatoms. The van der Waals surface area contributed by atoms with Crippen LogP contribution in [0.4, 0.5) is 0 Å². The Bertz CT molecular complexity index is 564. The van der Waals surface area contributed by atoms with Gasteiger partial charge in [0.25, 0.3) is 5.91 Å². The average Bonchev–Trinajstić information content (AvgIpc) is 2.71. The predicted octanol–water partition coefficient (Wildman–Crippen LogP) is 1.40. The molecule has 2 rings (SSSR count). The Morgan fingerprint density at radius 2 is 2.24 bits per heavy atom. The zero-order valence-corrected chi connectivity index (χ0v) is 10.4. The van der Waals surface area contributed by atoms with E-state index >= 15 is 0 Å². The van der Waals surface area contributed by atoms with Crippen molar-refractivity contribution in [3.05, 3.63) is 35.7 Å². The number of hydrogen-bond donors (Lipinski definition) is 1. The van der Waals surface area contributed by atoms with E-state index in [0.717, 1.165) is 10.6 Å². The van der Waals surface area contributed by atoms with E-state index in [1.54, 1.807) is 23.4 Å². The first kappa shape index (κ1) is 11.7. The maximum atomic E-state index is 11.1. The monoisotopic (exact) mass is 248 g/mol. The lowest BCUT2D eigenvalue weighted by atomic mass is 10.3. The molecule has 0 unspecified atom stereocenters. The minimum atomic E-state index is -0.560. The van der Waals surface area contributed by atoms with Crippen molar-refractivity contribution in [3.63, 3.8) is 0 Å². The second-order valence-corrected chi connectivity index (χ2v) is 4.38. The van der Waals surface area contributed by atoms with Crippen LogP contribution in [0.5, 0.6) is 0 Å². The lowest BCUT2D eigenvalue weighted by molar-refractivity contribution is 0.0995. The summed E-state index contributed by atoms with van der Waals surface area (Å²) in [5.74, 6) is -0.560. The molecule has 1 aromatic carbocycles. The van der Waals surface area contributed by atoms with Crippen LogP contribution in [0.2, 0.25) is 0 Å². The molecule has 1 heterocycles. The standard InChI is InChI=1S/C11H12N4OS/c1-7-10(11(12)16)13-14-15(7)8-4-3-5-9(6-8)17-2/h3-6H,1-2H3,(H2,12,16). The van der Waals surface area contributed by atoms with E-state index in [4.69, 9.17) is 5.73 Å². The summed E-state index contributed by atoms with van der Waals surface area (Å²) < 4.78 is 1.61. The Morgan fingerprint density at radius 3 is 2.82 bits per heavy atom. The SMILES string of the molecule is CSc1cccc(-n2nnc(C(N)=O)c2C)c1. The lowest BCUT2D eigenvalue weighted by Gasteiger charge is -2.04. The summed E-state index contributed by atoms with van der Waals surface area (Å²) in [7, 11) is 0. The Kier molecular flexibility index (Phi) is 3.14. The van der Waals surface area contributed by atoms with E-state index in [2.05, 4.69) is 10.3 Å². The second kappa shape index (κ2) is 4.58. The number of primary amides is 1. The number of amides is 1. The van der Waals surface area contributed by atoms with Crippen LogP contribution in [0.15, 0.2) is 29.2 Å². The summed E-state index contributed by atoms with van der Waals surface area (Å²) in [4.78, 5) is 12.2. The number of carbonyl (C=O) groups is 1. The largest absolute Gasteiger partial charge is 0.364 e. The quantitative estimate of drug-likeness (QED) is 0.833. The second-order valence-electron chi connectivity index (χ2n) is 3.50. The molecule has 0 saturated heterocycles. The van der Waals surface area contributed by atoms with Gasteiger partial charge in [-0.25, -0.2) is 4.68 Å². The first-order valence-corrected chi connectivity index (χ1v) is 6.22. The molecule has 2 aromatic rings. The Balaban J connectivity index is 2.49. The van der Waals surface area contributed by atoms with Gasteiger partial charge in [-0.05, 0) is 31.4 Å². The Labute approximate surface area is 103 Å². The molecule has 0 aliphatic rings. The molecule has 0 spiro atoms. The summed E-state index contributed by atoms with van der Waals surface area (Å²) in [5, 5.41) is 7.72. The Morgan fingerprint density at radius 1 is 1.47 bits per heavy atom. The highest BCUT2D eigenvalue weighted by Gasteiger charge is 2.14. The first-order chi connectivity index (χ1) is 8.13. The molecule has 1 aromatic heterocycles. The molecular weight excluding hydrogens is 236 g/mol. The van der Waals surface area contributed by atoms with Crippen molar-refractivity contribution in [3.8, 4) is 5.69 Å². The summed E-state index contributed by atoms with van der Waals surface area (Å²) in [6, 6.07) is 7.84. The zero-order chi connectivity index (χ0) is 12.4. The minimum Gasteiger partial charge on any atom is -0.364 e. The molecule has 0 saturated carbocycles. The van der Waals surface area contributed by atoms with E-state index in [-0.39, 0.29) is 5.69 Å². The summed E-state index contributed by atoms with van der Waals surface area (Å²) in [5.41, 5.74) is 6.93. The van der Waals surface area contributed by atoms with Crippen molar-refractivity contribution in [2.45, 2.75) is 11.8 Å². The van der Waals surface area contributed by atoms with Gasteiger partial charge in [0.2, 0.25) is 0 Å². The first-order valence-electron chi connectivity index (χ1n) is 5.00. The van der Waals surface area contributed by atoms with Crippen molar-refractivity contribution in [2.75, 3.05) is 6.26 Å². The molecule has 0 radical (unpaired) electrons. The molecule has 5 nitrogen and oxygen atoms in total. The summed E-state index contributed by atoms with van der Waals surface area (Å²) in [6.07, 6.45) is 2.00. The fourth-order valence-corrected chi connectivity index (χ4v) is 2.00. The Hall–Kier alpha value is -1.82. The molecule has 0 atom stereocenters. The molecule has 0 bridgehead atoms. The van der Waals surface area contributed by atoms with E-state index in [1.165, 1.54) is 0 Å². The highest BCUT2D eigenvalue weighted by atomic mass is 32.2. The molecule has 0 aliphatic heterocycles. The molecule has 0 aliphatic carbocycles. The normalized spacial score (nSPS) is 10.5. The van der Waals surface area contributed by atoms with Crippen molar-refractivity contribution in [1.82, 2.24) is 15.0 Å².